The Kier molecular flexibility index (Phi) is 5.82. The zero-order valence-electron chi connectivity index (χ0n) is 11.1. The van der Waals surface area contributed by atoms with Gasteiger partial charge in [-0.3, -0.25) is 0 Å². The van der Waals surface area contributed by atoms with Crippen LogP contribution in [-0.4, -0.2) is 30.8 Å². The number of nitrogens with one attached hydrogen (secondary N) is 1. The predicted octanol–water partition coefficient (Wildman–Crippen LogP) is 1.58. The van der Waals surface area contributed by atoms with E-state index in [0.29, 0.717) is 12.1 Å². The molecule has 0 radical (unpaired) electrons. The molecule has 0 saturated carbocycles. The van der Waals surface area contributed by atoms with Gasteiger partial charge in [-0.1, -0.05) is 19.1 Å². The molecule has 0 spiro atoms. The van der Waals surface area contributed by atoms with Gasteiger partial charge in [0.15, 0.2) is 0 Å². The highest BCUT2D eigenvalue weighted by molar-refractivity contribution is 5.89. The minimum absolute atomic E-state index is 0.176. The summed E-state index contributed by atoms with van der Waals surface area (Å²) < 4.78 is 4.64. The minimum Gasteiger partial charge on any atom is -0.465 e. The topological polar surface area (TPSA) is 58.6 Å². The highest BCUT2D eigenvalue weighted by Gasteiger charge is 2.10. The van der Waals surface area contributed by atoms with Crippen LogP contribution in [0.5, 0.6) is 0 Å². The highest BCUT2D eigenvalue weighted by Crippen LogP contribution is 2.07. The van der Waals surface area contributed by atoms with E-state index in [2.05, 4.69) is 10.1 Å². The van der Waals surface area contributed by atoms with Gasteiger partial charge in [-0.15, -0.1) is 0 Å². The number of rotatable bonds is 6. The Hall–Kier alpha value is -1.39. The Morgan fingerprint density at radius 2 is 1.94 bits per heavy atom. The largest absolute Gasteiger partial charge is 0.465 e. The van der Waals surface area contributed by atoms with Gasteiger partial charge < -0.3 is 15.2 Å². The van der Waals surface area contributed by atoms with Crippen LogP contribution in [0.4, 0.5) is 0 Å². The van der Waals surface area contributed by atoms with E-state index < -0.39 is 0 Å². The maximum absolute atomic E-state index is 11.3. The van der Waals surface area contributed by atoms with Gasteiger partial charge in [-0.2, -0.15) is 0 Å². The molecule has 4 nitrogen and oxygen atoms in total. The van der Waals surface area contributed by atoms with Crippen molar-refractivity contribution in [2.24, 2.45) is 5.92 Å². The Bertz CT molecular complexity index is 375. The first kappa shape index (κ1) is 14.7. The first-order chi connectivity index (χ1) is 8.58. The summed E-state index contributed by atoms with van der Waals surface area (Å²) in [5.41, 5.74) is 1.65. The van der Waals surface area contributed by atoms with Crippen molar-refractivity contribution in [2.75, 3.05) is 13.7 Å². The van der Waals surface area contributed by atoms with E-state index in [1.807, 2.05) is 26.0 Å². The van der Waals surface area contributed by atoms with Gasteiger partial charge in [0.2, 0.25) is 0 Å². The quantitative estimate of drug-likeness (QED) is 0.754. The Balaban J connectivity index is 2.51. The van der Waals surface area contributed by atoms with Crippen molar-refractivity contribution < 1.29 is 14.6 Å². The molecule has 4 heteroatoms. The molecule has 0 aliphatic carbocycles. The lowest BCUT2D eigenvalue weighted by Crippen LogP contribution is -2.33. The summed E-state index contributed by atoms with van der Waals surface area (Å²) in [5.74, 6) is -0.101. The van der Waals surface area contributed by atoms with Crippen LogP contribution < -0.4 is 5.32 Å². The number of methoxy groups -OCH3 is 1. The SMILES string of the molecule is COC(=O)c1ccc(CNC(C)C(C)CO)cc1. The number of ether oxygens (including phenoxy) is 1. The van der Waals surface area contributed by atoms with Gasteiger partial charge in [0.05, 0.1) is 12.7 Å². The van der Waals surface area contributed by atoms with E-state index in [4.69, 9.17) is 5.11 Å². The zero-order valence-corrected chi connectivity index (χ0v) is 11.1. The third-order valence-electron chi connectivity index (χ3n) is 3.14. The molecule has 0 amide bonds. The molecule has 0 aliphatic rings. The molecule has 0 fully saturated rings. The molecule has 1 aromatic rings. The van der Waals surface area contributed by atoms with E-state index in [1.54, 1.807) is 12.1 Å². The summed E-state index contributed by atoms with van der Waals surface area (Å²) in [6.45, 7) is 4.93. The summed E-state index contributed by atoms with van der Waals surface area (Å²) in [6, 6.07) is 7.55. The van der Waals surface area contributed by atoms with Crippen molar-refractivity contribution in [2.45, 2.75) is 26.4 Å². The predicted molar refractivity (Wildman–Crippen MR) is 70.3 cm³/mol. The van der Waals surface area contributed by atoms with Crippen molar-refractivity contribution >= 4 is 5.97 Å². The Morgan fingerprint density at radius 3 is 2.44 bits per heavy atom. The van der Waals surface area contributed by atoms with Crippen LogP contribution >= 0.6 is 0 Å². The van der Waals surface area contributed by atoms with Crippen molar-refractivity contribution in [1.82, 2.24) is 5.32 Å². The fourth-order valence-electron chi connectivity index (χ4n) is 1.51. The fraction of sp³-hybridized carbons (Fsp3) is 0.500. The van der Waals surface area contributed by atoms with Crippen LogP contribution in [0.2, 0.25) is 0 Å². The first-order valence-electron chi connectivity index (χ1n) is 6.10. The average molecular weight is 251 g/mol. The molecule has 1 aromatic carbocycles. The van der Waals surface area contributed by atoms with Gasteiger partial charge >= 0.3 is 5.97 Å². The van der Waals surface area contributed by atoms with E-state index >= 15 is 0 Å². The lowest BCUT2D eigenvalue weighted by atomic mass is 10.0. The van der Waals surface area contributed by atoms with Crippen molar-refractivity contribution in [1.29, 1.82) is 0 Å². The van der Waals surface area contributed by atoms with Crippen LogP contribution in [0.3, 0.4) is 0 Å². The number of carbonyl (C=O) groups is 1. The maximum Gasteiger partial charge on any atom is 0.337 e. The smallest absolute Gasteiger partial charge is 0.337 e. The molecule has 2 unspecified atom stereocenters. The average Bonchev–Trinajstić information content (AvgIpc) is 2.43. The van der Waals surface area contributed by atoms with Crippen molar-refractivity contribution in [3.63, 3.8) is 0 Å². The molecule has 1 rings (SSSR count). The molecular formula is C14H21NO3. The van der Waals surface area contributed by atoms with E-state index in [9.17, 15) is 4.79 Å². The summed E-state index contributed by atoms with van der Waals surface area (Å²) in [6.07, 6.45) is 0. The van der Waals surface area contributed by atoms with Crippen molar-refractivity contribution in [3.05, 3.63) is 35.4 Å². The third-order valence-corrected chi connectivity index (χ3v) is 3.14. The number of aliphatic hydroxyl groups excluding tert-OH is 1. The number of aliphatic hydroxyl groups is 1. The monoisotopic (exact) mass is 251 g/mol. The maximum atomic E-state index is 11.3. The zero-order chi connectivity index (χ0) is 13.5. The van der Waals surface area contributed by atoms with Crippen LogP contribution in [0.25, 0.3) is 0 Å². The van der Waals surface area contributed by atoms with E-state index in [0.717, 1.165) is 5.56 Å². The second-order valence-electron chi connectivity index (χ2n) is 4.52. The molecule has 2 atom stereocenters. The van der Waals surface area contributed by atoms with Gasteiger partial charge in [0.1, 0.15) is 0 Å². The third kappa shape index (κ3) is 4.13. The molecule has 0 heterocycles. The molecule has 2 N–H and O–H groups in total. The van der Waals surface area contributed by atoms with Crippen LogP contribution in [-0.2, 0) is 11.3 Å². The normalized spacial score (nSPS) is 14.0. The van der Waals surface area contributed by atoms with E-state index in [-0.39, 0.29) is 24.5 Å². The lowest BCUT2D eigenvalue weighted by Gasteiger charge is -2.19. The molecular weight excluding hydrogens is 230 g/mol. The highest BCUT2D eigenvalue weighted by atomic mass is 16.5. The lowest BCUT2D eigenvalue weighted by molar-refractivity contribution is 0.0600. The Morgan fingerprint density at radius 1 is 1.33 bits per heavy atom. The second kappa shape index (κ2) is 7.13. The fourth-order valence-corrected chi connectivity index (χ4v) is 1.51. The van der Waals surface area contributed by atoms with Crippen LogP contribution in [0, 0.1) is 5.92 Å². The summed E-state index contributed by atoms with van der Waals surface area (Å²) in [7, 11) is 1.37. The van der Waals surface area contributed by atoms with E-state index in [1.165, 1.54) is 7.11 Å². The first-order valence-corrected chi connectivity index (χ1v) is 6.10. The Labute approximate surface area is 108 Å². The number of hydrogen-bond acceptors (Lipinski definition) is 4. The molecule has 0 aliphatic heterocycles. The van der Waals surface area contributed by atoms with Crippen molar-refractivity contribution in [3.8, 4) is 0 Å². The number of hydrogen-bond donors (Lipinski definition) is 2. The van der Waals surface area contributed by atoms with Crippen LogP contribution in [0.1, 0.15) is 29.8 Å². The standard InChI is InChI=1S/C14H21NO3/c1-10(9-16)11(2)15-8-12-4-6-13(7-5-12)14(17)18-3/h4-7,10-11,15-16H,8-9H2,1-3H3. The number of carbonyl (C=O) groups excluding carboxylic acids is 1. The minimum atomic E-state index is -0.322. The summed E-state index contributed by atoms with van der Waals surface area (Å²) in [4.78, 5) is 11.3. The molecule has 0 saturated heterocycles. The molecule has 100 valence electrons. The number of esters is 1. The summed E-state index contributed by atoms with van der Waals surface area (Å²) >= 11 is 0. The summed E-state index contributed by atoms with van der Waals surface area (Å²) in [5, 5.41) is 12.4. The molecule has 0 bridgehead atoms. The van der Waals surface area contributed by atoms with Crippen LogP contribution in [0.15, 0.2) is 24.3 Å². The van der Waals surface area contributed by atoms with Gasteiger partial charge in [-0.25, -0.2) is 4.79 Å². The van der Waals surface area contributed by atoms with Gasteiger partial charge in [0, 0.05) is 19.2 Å². The second-order valence-corrected chi connectivity index (χ2v) is 4.52. The molecule has 0 aromatic heterocycles. The van der Waals surface area contributed by atoms with Gasteiger partial charge in [-0.05, 0) is 30.5 Å². The molecule has 18 heavy (non-hydrogen) atoms. The van der Waals surface area contributed by atoms with Gasteiger partial charge in [0.25, 0.3) is 0 Å². The number of benzene rings is 1.